The van der Waals surface area contributed by atoms with Gasteiger partial charge in [-0.1, -0.05) is 18.2 Å². The second-order valence-electron chi connectivity index (χ2n) is 4.25. The van der Waals surface area contributed by atoms with Gasteiger partial charge >= 0.3 is 5.97 Å². The number of benzene rings is 1. The maximum Gasteiger partial charge on any atom is 0.338 e. The molecule has 0 saturated heterocycles. The lowest BCUT2D eigenvalue weighted by Crippen LogP contribution is -2.00. The zero-order valence-corrected chi connectivity index (χ0v) is 9.86. The molecule has 0 unspecified atom stereocenters. The number of carbonyl (C=O) groups excluding carboxylic acids is 1. The number of aryl methyl sites for hydroxylation is 1. The Morgan fingerprint density at radius 2 is 2.06 bits per heavy atom. The molecule has 17 heavy (non-hydrogen) atoms. The lowest BCUT2D eigenvalue weighted by molar-refractivity contribution is -0.133. The molecule has 0 radical (unpaired) electrons. The summed E-state index contributed by atoms with van der Waals surface area (Å²) in [5, 5.41) is 1.11. The number of fused-ring (bicyclic) bond motifs is 1. The van der Waals surface area contributed by atoms with Crippen molar-refractivity contribution < 1.29 is 9.53 Å². The van der Waals surface area contributed by atoms with Gasteiger partial charge in [0.25, 0.3) is 0 Å². The van der Waals surface area contributed by atoms with Gasteiger partial charge in [0.15, 0.2) is 0 Å². The Balaban J connectivity index is 2.36. The molecule has 2 aromatic rings. The molecule has 0 atom stereocenters. The molecule has 3 nitrogen and oxygen atoms in total. The van der Waals surface area contributed by atoms with Gasteiger partial charge in [0.1, 0.15) is 6.61 Å². The smallest absolute Gasteiger partial charge is 0.338 e. The lowest BCUT2D eigenvalue weighted by Gasteiger charge is -2.01. The highest BCUT2D eigenvalue weighted by atomic mass is 16.5. The fraction of sp³-hybridized carbons (Fsp3) is 0.214. The Morgan fingerprint density at radius 3 is 2.76 bits per heavy atom. The first-order chi connectivity index (χ1) is 8.20. The molecule has 86 valence electrons. The van der Waals surface area contributed by atoms with Gasteiger partial charge in [0.05, 0.1) is 5.57 Å². The van der Waals surface area contributed by atoms with Crippen LogP contribution in [0.3, 0.4) is 0 Å². The average Bonchev–Trinajstić information content (AvgIpc) is 2.84. The van der Waals surface area contributed by atoms with Gasteiger partial charge in [-0.05, 0) is 19.1 Å². The van der Waals surface area contributed by atoms with Crippen LogP contribution in [0.1, 0.15) is 11.3 Å². The van der Waals surface area contributed by atoms with Crippen molar-refractivity contribution in [3.05, 3.63) is 41.6 Å². The topological polar surface area (TPSA) is 31.2 Å². The molecule has 0 spiro atoms. The van der Waals surface area contributed by atoms with Crippen LogP contribution in [0.15, 0.2) is 30.3 Å². The van der Waals surface area contributed by atoms with E-state index in [-0.39, 0.29) is 5.97 Å². The van der Waals surface area contributed by atoms with E-state index in [1.54, 1.807) is 0 Å². The summed E-state index contributed by atoms with van der Waals surface area (Å²) in [4.78, 5) is 11.7. The molecule has 3 heteroatoms. The number of ether oxygens (including phenoxy) is 1. The van der Waals surface area contributed by atoms with Gasteiger partial charge in [-0.3, -0.25) is 0 Å². The standard InChI is InChI=1S/C14H13NO2/c1-9-13(11-7-8-17-14(11)16)10-5-3-4-6-12(10)15(9)2/h3-7H,8H2,1-2H3. The van der Waals surface area contributed by atoms with Crippen LogP contribution in [0, 0.1) is 6.92 Å². The van der Waals surface area contributed by atoms with E-state index in [1.807, 2.05) is 38.2 Å². The van der Waals surface area contributed by atoms with E-state index < -0.39 is 0 Å². The summed E-state index contributed by atoms with van der Waals surface area (Å²) in [6.45, 7) is 2.42. The second kappa shape index (κ2) is 3.48. The van der Waals surface area contributed by atoms with Crippen molar-refractivity contribution in [3.63, 3.8) is 0 Å². The van der Waals surface area contributed by atoms with E-state index in [9.17, 15) is 4.79 Å². The molecule has 1 aliphatic heterocycles. The number of cyclic esters (lactones) is 1. The van der Waals surface area contributed by atoms with Crippen molar-refractivity contribution in [2.75, 3.05) is 6.61 Å². The summed E-state index contributed by atoms with van der Waals surface area (Å²) < 4.78 is 7.10. The third-order valence-corrected chi connectivity index (χ3v) is 3.39. The summed E-state index contributed by atoms with van der Waals surface area (Å²) in [6, 6.07) is 8.11. The summed E-state index contributed by atoms with van der Waals surface area (Å²) in [7, 11) is 2.02. The fourth-order valence-electron chi connectivity index (χ4n) is 2.43. The SMILES string of the molecule is Cc1c(C2=CCOC2=O)c2ccccc2n1C. The van der Waals surface area contributed by atoms with Crippen LogP contribution in [0.25, 0.3) is 16.5 Å². The number of esters is 1. The van der Waals surface area contributed by atoms with E-state index in [2.05, 4.69) is 10.6 Å². The molecule has 0 fully saturated rings. The highest BCUT2D eigenvalue weighted by molar-refractivity contribution is 6.22. The van der Waals surface area contributed by atoms with Crippen LogP contribution in [0.2, 0.25) is 0 Å². The predicted molar refractivity (Wildman–Crippen MR) is 66.6 cm³/mol. The zero-order valence-electron chi connectivity index (χ0n) is 9.86. The molecule has 1 aromatic carbocycles. The number of rotatable bonds is 1. The quantitative estimate of drug-likeness (QED) is 0.701. The van der Waals surface area contributed by atoms with E-state index in [0.29, 0.717) is 12.2 Å². The number of carbonyl (C=O) groups is 1. The first kappa shape index (κ1) is 10.1. The number of aromatic nitrogens is 1. The van der Waals surface area contributed by atoms with E-state index >= 15 is 0 Å². The minimum absolute atomic E-state index is 0.218. The largest absolute Gasteiger partial charge is 0.458 e. The molecular formula is C14H13NO2. The van der Waals surface area contributed by atoms with E-state index in [4.69, 9.17) is 4.74 Å². The summed E-state index contributed by atoms with van der Waals surface area (Å²) in [5.74, 6) is -0.218. The highest BCUT2D eigenvalue weighted by Crippen LogP contribution is 2.32. The van der Waals surface area contributed by atoms with Crippen molar-refractivity contribution in [3.8, 4) is 0 Å². The van der Waals surface area contributed by atoms with Crippen molar-refractivity contribution in [1.82, 2.24) is 4.57 Å². The number of nitrogens with zero attached hydrogens (tertiary/aromatic N) is 1. The van der Waals surface area contributed by atoms with Crippen LogP contribution < -0.4 is 0 Å². The Hall–Kier alpha value is -2.03. The lowest BCUT2D eigenvalue weighted by atomic mass is 10.0. The predicted octanol–water partition coefficient (Wildman–Crippen LogP) is 2.43. The van der Waals surface area contributed by atoms with Gasteiger partial charge < -0.3 is 9.30 Å². The molecule has 0 bridgehead atoms. The first-order valence-electron chi connectivity index (χ1n) is 5.62. The van der Waals surface area contributed by atoms with Gasteiger partial charge in [-0.2, -0.15) is 0 Å². The van der Waals surface area contributed by atoms with Crippen LogP contribution in [-0.4, -0.2) is 17.1 Å². The Kier molecular flexibility index (Phi) is 2.08. The van der Waals surface area contributed by atoms with Gasteiger partial charge in [0.2, 0.25) is 0 Å². The fourth-order valence-corrected chi connectivity index (χ4v) is 2.43. The molecule has 0 amide bonds. The minimum Gasteiger partial charge on any atom is -0.458 e. The van der Waals surface area contributed by atoms with Crippen molar-refractivity contribution in [1.29, 1.82) is 0 Å². The van der Waals surface area contributed by atoms with Crippen LogP contribution >= 0.6 is 0 Å². The monoisotopic (exact) mass is 227 g/mol. The van der Waals surface area contributed by atoms with Crippen LogP contribution in [0.5, 0.6) is 0 Å². The summed E-state index contributed by atoms with van der Waals surface area (Å²) >= 11 is 0. The van der Waals surface area contributed by atoms with Gasteiger partial charge in [0, 0.05) is 29.2 Å². The Labute approximate surface area is 99.3 Å². The summed E-state index contributed by atoms with van der Waals surface area (Å²) in [5.41, 5.74) is 3.93. The molecule has 0 N–H and O–H groups in total. The zero-order chi connectivity index (χ0) is 12.0. The van der Waals surface area contributed by atoms with Crippen molar-refractivity contribution >= 4 is 22.4 Å². The number of hydrogen-bond donors (Lipinski definition) is 0. The minimum atomic E-state index is -0.218. The highest BCUT2D eigenvalue weighted by Gasteiger charge is 2.24. The number of para-hydroxylation sites is 1. The Morgan fingerprint density at radius 1 is 1.29 bits per heavy atom. The first-order valence-corrected chi connectivity index (χ1v) is 5.62. The van der Waals surface area contributed by atoms with E-state index in [1.165, 1.54) is 0 Å². The van der Waals surface area contributed by atoms with Gasteiger partial charge in [-0.25, -0.2) is 4.79 Å². The Bertz CT molecular complexity index is 650. The third kappa shape index (κ3) is 1.32. The van der Waals surface area contributed by atoms with Crippen molar-refractivity contribution in [2.24, 2.45) is 7.05 Å². The average molecular weight is 227 g/mol. The molecule has 1 aromatic heterocycles. The summed E-state index contributed by atoms with van der Waals surface area (Å²) in [6.07, 6.45) is 1.86. The molecule has 0 aliphatic carbocycles. The van der Waals surface area contributed by atoms with Gasteiger partial charge in [-0.15, -0.1) is 0 Å². The molecule has 0 saturated carbocycles. The maximum absolute atomic E-state index is 11.7. The van der Waals surface area contributed by atoms with Crippen LogP contribution in [0.4, 0.5) is 0 Å². The number of hydrogen-bond acceptors (Lipinski definition) is 2. The normalized spacial score (nSPS) is 15.2. The maximum atomic E-state index is 11.7. The van der Waals surface area contributed by atoms with E-state index in [0.717, 1.165) is 22.2 Å². The van der Waals surface area contributed by atoms with Crippen LogP contribution in [-0.2, 0) is 16.6 Å². The second-order valence-corrected chi connectivity index (χ2v) is 4.25. The molecular weight excluding hydrogens is 214 g/mol. The van der Waals surface area contributed by atoms with Crippen molar-refractivity contribution in [2.45, 2.75) is 6.92 Å². The molecule has 2 heterocycles. The molecule has 1 aliphatic rings. The molecule has 3 rings (SSSR count). The third-order valence-electron chi connectivity index (χ3n) is 3.39.